The molecule has 1 rings (SSSR count). The van der Waals surface area contributed by atoms with E-state index in [1.165, 1.54) is 0 Å². The molecule has 0 aliphatic heterocycles. The van der Waals surface area contributed by atoms with E-state index in [2.05, 4.69) is 33.3 Å². The normalized spacial score (nSPS) is 16.2. The van der Waals surface area contributed by atoms with E-state index in [9.17, 15) is 4.79 Å². The van der Waals surface area contributed by atoms with Crippen molar-refractivity contribution in [3.05, 3.63) is 5.82 Å². The van der Waals surface area contributed by atoms with Gasteiger partial charge in [0.05, 0.1) is 0 Å². The third-order valence-electron chi connectivity index (χ3n) is 1.01. The Balaban J connectivity index is 2.95. The maximum Gasteiger partial charge on any atom is 0.223 e. The average molecular weight is 157 g/mol. The van der Waals surface area contributed by atoms with Gasteiger partial charge in [-0.2, -0.15) is 12.6 Å². The third-order valence-corrected chi connectivity index (χ3v) is 1.31. The molecule has 1 radical (unpaired) electrons. The fourth-order valence-corrected chi connectivity index (χ4v) is 0.508. The van der Waals surface area contributed by atoms with Gasteiger partial charge in [0.25, 0.3) is 0 Å². The molecule has 53 valence electrons. The molecule has 0 bridgehead atoms. The zero-order valence-electron chi connectivity index (χ0n) is 5.20. The number of H-pyrrole nitrogens is 1. The molecule has 0 aliphatic carbocycles. The number of nitrogens with one attached hydrogen (secondary N) is 1. The lowest BCUT2D eigenvalue weighted by atomic mass is 10.2. The van der Waals surface area contributed by atoms with Gasteiger partial charge < -0.3 is 0 Å². The molecule has 1 unspecified atom stereocenters. The van der Waals surface area contributed by atoms with Crippen LogP contribution in [0, 0.1) is 0 Å². The van der Waals surface area contributed by atoms with E-state index in [0.717, 1.165) is 0 Å². The summed E-state index contributed by atoms with van der Waals surface area (Å²) >= 11 is 3.94. The number of nitrogens with zero attached hydrogens (tertiary/aromatic N) is 3. The van der Waals surface area contributed by atoms with E-state index >= 15 is 0 Å². The van der Waals surface area contributed by atoms with Crippen LogP contribution in [0.4, 0.5) is 0 Å². The fourth-order valence-electron chi connectivity index (χ4n) is 0.414. The molecule has 0 amide bonds. The van der Waals surface area contributed by atoms with E-state index in [0.29, 0.717) is 5.82 Å². The van der Waals surface area contributed by atoms with Gasteiger partial charge in [-0.25, -0.2) is 5.10 Å². The summed E-state index contributed by atoms with van der Waals surface area (Å²) in [4.78, 5) is 10.2. The van der Waals surface area contributed by atoms with Crippen molar-refractivity contribution >= 4 is 18.9 Å². The van der Waals surface area contributed by atoms with Crippen LogP contribution >= 0.6 is 12.6 Å². The number of hydrogen-bond donors (Lipinski definition) is 2. The van der Waals surface area contributed by atoms with Crippen molar-refractivity contribution in [1.82, 2.24) is 20.6 Å². The Hall–Kier alpha value is -0.910. The molecule has 0 saturated carbocycles. The van der Waals surface area contributed by atoms with Crippen molar-refractivity contribution in [2.45, 2.75) is 11.7 Å². The summed E-state index contributed by atoms with van der Waals surface area (Å²) in [5.74, 6) is 0.297. The summed E-state index contributed by atoms with van der Waals surface area (Å²) in [6.07, 6.45) is 1.68. The van der Waals surface area contributed by atoms with Crippen LogP contribution < -0.4 is 0 Å². The highest BCUT2D eigenvalue weighted by atomic mass is 32.1. The first kappa shape index (κ1) is 7.20. The molecule has 1 aromatic heterocycles. The van der Waals surface area contributed by atoms with Crippen LogP contribution in [-0.4, -0.2) is 26.9 Å². The van der Waals surface area contributed by atoms with E-state index in [1.807, 2.05) is 0 Å². The van der Waals surface area contributed by atoms with Crippen LogP contribution in [-0.2, 0) is 9.54 Å². The minimum atomic E-state index is -1.04. The predicted molar refractivity (Wildman–Crippen MR) is 36.2 cm³/mol. The first-order valence-corrected chi connectivity index (χ1v) is 2.97. The van der Waals surface area contributed by atoms with Crippen LogP contribution in [0.1, 0.15) is 12.7 Å². The smallest absolute Gasteiger partial charge is 0.223 e. The highest BCUT2D eigenvalue weighted by Crippen LogP contribution is 2.19. The van der Waals surface area contributed by atoms with Gasteiger partial charge in [0.2, 0.25) is 6.29 Å². The number of aromatic amines is 1. The Labute approximate surface area is 62.6 Å². The number of aromatic nitrogens is 4. The number of rotatable bonds is 2. The highest BCUT2D eigenvalue weighted by molar-refractivity contribution is 7.82. The molecular formula is C4H5N4OS. The topological polar surface area (TPSA) is 71.5 Å². The molecule has 0 spiro atoms. The van der Waals surface area contributed by atoms with Crippen LogP contribution in [0.2, 0.25) is 0 Å². The van der Waals surface area contributed by atoms with Crippen LogP contribution in [0.15, 0.2) is 0 Å². The van der Waals surface area contributed by atoms with Gasteiger partial charge in [0, 0.05) is 0 Å². The SMILES string of the molecule is CC(S)([C]=O)c1nnn[nH]1. The molecule has 0 aromatic carbocycles. The third kappa shape index (κ3) is 1.15. The summed E-state index contributed by atoms with van der Waals surface area (Å²) in [5, 5.41) is 12.5. The van der Waals surface area contributed by atoms with Crippen LogP contribution in [0.5, 0.6) is 0 Å². The van der Waals surface area contributed by atoms with Gasteiger partial charge in [-0.3, -0.25) is 4.79 Å². The number of hydrogen-bond acceptors (Lipinski definition) is 5. The lowest BCUT2D eigenvalue weighted by Gasteiger charge is -2.07. The first-order valence-electron chi connectivity index (χ1n) is 2.52. The fraction of sp³-hybridized carbons (Fsp3) is 0.500. The summed E-state index contributed by atoms with van der Waals surface area (Å²) in [6, 6.07) is 0. The Morgan fingerprint density at radius 1 is 1.80 bits per heavy atom. The monoisotopic (exact) mass is 157 g/mol. The van der Waals surface area contributed by atoms with Crippen molar-refractivity contribution < 1.29 is 4.79 Å². The summed E-state index contributed by atoms with van der Waals surface area (Å²) in [7, 11) is 0. The van der Waals surface area contributed by atoms with Gasteiger partial charge in [-0.15, -0.1) is 5.10 Å². The second-order valence-corrected chi connectivity index (χ2v) is 2.82. The van der Waals surface area contributed by atoms with Gasteiger partial charge in [-0.1, -0.05) is 0 Å². The van der Waals surface area contributed by atoms with E-state index in [1.54, 1.807) is 13.2 Å². The molecule has 1 atom stereocenters. The Morgan fingerprint density at radius 3 is 2.90 bits per heavy atom. The van der Waals surface area contributed by atoms with Crippen LogP contribution in [0.25, 0.3) is 0 Å². The maximum absolute atomic E-state index is 10.2. The second kappa shape index (κ2) is 2.37. The zero-order valence-corrected chi connectivity index (χ0v) is 6.09. The minimum absolute atomic E-state index is 0.297. The number of carbonyl (C=O) groups excluding carboxylic acids is 1. The molecule has 6 heteroatoms. The molecule has 1 N–H and O–H groups in total. The quantitative estimate of drug-likeness (QED) is 0.565. The van der Waals surface area contributed by atoms with Gasteiger partial charge in [-0.05, 0) is 17.4 Å². The predicted octanol–water partition coefficient (Wildman–Crippen LogP) is -0.546. The van der Waals surface area contributed by atoms with Crippen molar-refractivity contribution in [2.24, 2.45) is 0 Å². The number of thiol groups is 1. The Bertz CT molecular complexity index is 219. The van der Waals surface area contributed by atoms with E-state index < -0.39 is 4.75 Å². The largest absolute Gasteiger partial charge is 0.289 e. The molecular weight excluding hydrogens is 152 g/mol. The zero-order chi connectivity index (χ0) is 7.61. The van der Waals surface area contributed by atoms with Gasteiger partial charge in [0.15, 0.2) is 5.82 Å². The van der Waals surface area contributed by atoms with E-state index in [-0.39, 0.29) is 0 Å². The molecule has 1 heterocycles. The molecule has 5 nitrogen and oxygen atoms in total. The van der Waals surface area contributed by atoms with Gasteiger partial charge >= 0.3 is 0 Å². The lowest BCUT2D eigenvalue weighted by Crippen LogP contribution is -2.17. The molecule has 1 aromatic rings. The van der Waals surface area contributed by atoms with Crippen molar-refractivity contribution in [3.8, 4) is 0 Å². The lowest BCUT2D eigenvalue weighted by molar-refractivity contribution is 0.537. The van der Waals surface area contributed by atoms with Crippen molar-refractivity contribution in [1.29, 1.82) is 0 Å². The van der Waals surface area contributed by atoms with Crippen molar-refractivity contribution in [2.75, 3.05) is 0 Å². The number of tetrazole rings is 1. The molecule has 0 fully saturated rings. The minimum Gasteiger partial charge on any atom is -0.289 e. The molecule has 10 heavy (non-hydrogen) atoms. The summed E-state index contributed by atoms with van der Waals surface area (Å²) in [6.45, 7) is 1.55. The average Bonchev–Trinajstić information content (AvgIpc) is 2.38. The summed E-state index contributed by atoms with van der Waals surface area (Å²) < 4.78 is -1.04. The first-order chi connectivity index (χ1) is 4.67. The van der Waals surface area contributed by atoms with Crippen LogP contribution in [0.3, 0.4) is 0 Å². The highest BCUT2D eigenvalue weighted by Gasteiger charge is 2.25. The summed E-state index contributed by atoms with van der Waals surface area (Å²) in [5.41, 5.74) is 0. The second-order valence-electron chi connectivity index (χ2n) is 1.92. The molecule has 0 saturated heterocycles. The molecule has 0 aliphatic rings. The Morgan fingerprint density at radius 2 is 2.50 bits per heavy atom. The van der Waals surface area contributed by atoms with E-state index in [4.69, 9.17) is 0 Å². The standard InChI is InChI=1S/C4H5N4OS/c1-4(10,2-9)3-5-7-8-6-3/h10H,1H3,(H,5,6,7,8). The van der Waals surface area contributed by atoms with Crippen molar-refractivity contribution in [3.63, 3.8) is 0 Å². The van der Waals surface area contributed by atoms with Gasteiger partial charge in [0.1, 0.15) is 4.75 Å². The Kier molecular flexibility index (Phi) is 1.71. The maximum atomic E-state index is 10.2.